The SMILES string of the molecule is CCNC(=NCc1ccc(Cl)nc1)NC1CCN(c2ncccc2Cl)C1.I. The van der Waals surface area contributed by atoms with Gasteiger partial charge in [0.2, 0.25) is 0 Å². The van der Waals surface area contributed by atoms with Gasteiger partial charge in [-0.15, -0.1) is 24.0 Å². The van der Waals surface area contributed by atoms with Crippen LogP contribution >= 0.6 is 47.2 Å². The van der Waals surface area contributed by atoms with Crippen LogP contribution in [-0.2, 0) is 6.54 Å². The molecule has 9 heteroatoms. The van der Waals surface area contributed by atoms with Crippen LogP contribution in [-0.4, -0.2) is 41.6 Å². The number of rotatable bonds is 5. The predicted molar refractivity (Wildman–Crippen MR) is 122 cm³/mol. The third-order valence-corrected chi connectivity index (χ3v) is 4.64. The molecule has 3 rings (SSSR count). The molecule has 1 atom stereocenters. The molecule has 1 saturated heterocycles. The average molecular weight is 521 g/mol. The number of hydrogen-bond donors (Lipinski definition) is 2. The fourth-order valence-corrected chi connectivity index (χ4v) is 3.22. The Bertz CT molecular complexity index is 756. The zero-order chi connectivity index (χ0) is 18.4. The van der Waals surface area contributed by atoms with Gasteiger partial charge in [-0.2, -0.15) is 0 Å². The van der Waals surface area contributed by atoms with Crippen LogP contribution in [0.25, 0.3) is 0 Å². The lowest BCUT2D eigenvalue weighted by Crippen LogP contribution is -2.44. The van der Waals surface area contributed by atoms with Crippen molar-refractivity contribution in [2.24, 2.45) is 4.99 Å². The molecule has 0 saturated carbocycles. The summed E-state index contributed by atoms with van der Waals surface area (Å²) in [5, 5.41) is 7.96. The Morgan fingerprint density at radius 1 is 1.30 bits per heavy atom. The van der Waals surface area contributed by atoms with Crippen molar-refractivity contribution in [3.63, 3.8) is 0 Å². The summed E-state index contributed by atoms with van der Waals surface area (Å²) >= 11 is 12.1. The molecule has 0 radical (unpaired) electrons. The molecule has 0 bridgehead atoms. The Morgan fingerprint density at radius 3 is 2.85 bits per heavy atom. The summed E-state index contributed by atoms with van der Waals surface area (Å²) in [4.78, 5) is 15.3. The number of aliphatic imine (C=N–C) groups is 1. The van der Waals surface area contributed by atoms with Gasteiger partial charge in [-0.3, -0.25) is 0 Å². The summed E-state index contributed by atoms with van der Waals surface area (Å²) < 4.78 is 0. The van der Waals surface area contributed by atoms with E-state index in [9.17, 15) is 0 Å². The largest absolute Gasteiger partial charge is 0.357 e. The number of halogens is 3. The van der Waals surface area contributed by atoms with Crippen molar-refractivity contribution >= 4 is 59.0 Å². The lowest BCUT2D eigenvalue weighted by molar-refractivity contribution is 0.648. The first-order valence-corrected chi connectivity index (χ1v) is 9.42. The van der Waals surface area contributed by atoms with E-state index in [2.05, 4.69) is 37.4 Å². The van der Waals surface area contributed by atoms with Crippen LogP contribution < -0.4 is 15.5 Å². The average Bonchev–Trinajstić information content (AvgIpc) is 3.10. The van der Waals surface area contributed by atoms with Crippen molar-refractivity contribution in [3.05, 3.63) is 52.4 Å². The molecule has 0 amide bonds. The summed E-state index contributed by atoms with van der Waals surface area (Å²) in [5.74, 6) is 1.63. The lowest BCUT2D eigenvalue weighted by Gasteiger charge is -2.20. The molecule has 0 spiro atoms. The van der Waals surface area contributed by atoms with E-state index in [4.69, 9.17) is 23.2 Å². The van der Waals surface area contributed by atoms with Crippen LogP contribution in [0.5, 0.6) is 0 Å². The van der Waals surface area contributed by atoms with Gasteiger partial charge in [0.15, 0.2) is 5.96 Å². The van der Waals surface area contributed by atoms with Gasteiger partial charge in [0, 0.05) is 38.1 Å². The highest BCUT2D eigenvalue weighted by molar-refractivity contribution is 14.0. The van der Waals surface area contributed by atoms with Crippen molar-refractivity contribution in [3.8, 4) is 0 Å². The van der Waals surface area contributed by atoms with E-state index in [0.29, 0.717) is 16.7 Å². The summed E-state index contributed by atoms with van der Waals surface area (Å²) in [6, 6.07) is 7.71. The van der Waals surface area contributed by atoms with Crippen LogP contribution in [0.2, 0.25) is 10.2 Å². The summed E-state index contributed by atoms with van der Waals surface area (Å²) in [6.07, 6.45) is 4.52. The molecule has 6 nitrogen and oxygen atoms in total. The molecule has 0 aromatic carbocycles. The standard InChI is InChI=1S/C18H22Cl2N6.HI/c1-2-21-18(24-11-13-5-6-16(20)23-10-13)25-14-7-9-26(12-14)17-15(19)4-3-8-22-17;/h3-6,8,10,14H,2,7,9,11-12H2,1H3,(H2,21,24,25);1H. The van der Waals surface area contributed by atoms with Crippen molar-refractivity contribution in [1.29, 1.82) is 0 Å². The Balaban J connectivity index is 0.00000261. The summed E-state index contributed by atoms with van der Waals surface area (Å²) in [7, 11) is 0. The molecule has 0 aliphatic carbocycles. The van der Waals surface area contributed by atoms with Gasteiger partial charge >= 0.3 is 0 Å². The minimum Gasteiger partial charge on any atom is -0.357 e. The van der Waals surface area contributed by atoms with E-state index in [1.54, 1.807) is 18.5 Å². The molecule has 1 fully saturated rings. The number of guanidine groups is 1. The first-order valence-electron chi connectivity index (χ1n) is 8.66. The highest BCUT2D eigenvalue weighted by Gasteiger charge is 2.25. The van der Waals surface area contributed by atoms with E-state index in [0.717, 1.165) is 43.4 Å². The van der Waals surface area contributed by atoms with Crippen LogP contribution in [0.15, 0.2) is 41.7 Å². The second kappa shape index (κ2) is 10.9. The number of nitrogens with zero attached hydrogens (tertiary/aromatic N) is 4. The van der Waals surface area contributed by atoms with Crippen molar-refractivity contribution < 1.29 is 0 Å². The second-order valence-electron chi connectivity index (χ2n) is 6.07. The third-order valence-electron chi connectivity index (χ3n) is 4.12. The van der Waals surface area contributed by atoms with E-state index >= 15 is 0 Å². The van der Waals surface area contributed by atoms with Gasteiger partial charge in [0.1, 0.15) is 11.0 Å². The minimum absolute atomic E-state index is 0. The van der Waals surface area contributed by atoms with Crippen molar-refractivity contribution in [2.45, 2.75) is 25.9 Å². The topological polar surface area (TPSA) is 65.4 Å². The number of pyridine rings is 2. The lowest BCUT2D eigenvalue weighted by atomic mass is 10.2. The molecule has 27 heavy (non-hydrogen) atoms. The number of aromatic nitrogens is 2. The number of nitrogens with one attached hydrogen (secondary N) is 2. The van der Waals surface area contributed by atoms with Crippen molar-refractivity contribution in [1.82, 2.24) is 20.6 Å². The monoisotopic (exact) mass is 520 g/mol. The fourth-order valence-electron chi connectivity index (χ4n) is 2.86. The Morgan fingerprint density at radius 2 is 2.15 bits per heavy atom. The van der Waals surface area contributed by atoms with Gasteiger partial charge in [0.05, 0.1) is 11.6 Å². The maximum Gasteiger partial charge on any atom is 0.191 e. The van der Waals surface area contributed by atoms with E-state index in [1.807, 2.05) is 18.2 Å². The summed E-state index contributed by atoms with van der Waals surface area (Å²) in [5.41, 5.74) is 1.01. The van der Waals surface area contributed by atoms with E-state index in [1.165, 1.54) is 0 Å². The zero-order valence-corrected chi connectivity index (χ0v) is 18.9. The van der Waals surface area contributed by atoms with Crippen molar-refractivity contribution in [2.75, 3.05) is 24.5 Å². The van der Waals surface area contributed by atoms with Crippen LogP contribution in [0.3, 0.4) is 0 Å². The highest BCUT2D eigenvalue weighted by Crippen LogP contribution is 2.25. The van der Waals surface area contributed by atoms with E-state index < -0.39 is 0 Å². The smallest absolute Gasteiger partial charge is 0.191 e. The molecular formula is C18H23Cl2IN6. The molecule has 2 aromatic rings. The Kier molecular flexibility index (Phi) is 8.85. The maximum atomic E-state index is 6.26. The summed E-state index contributed by atoms with van der Waals surface area (Å²) in [6.45, 7) is 5.14. The molecule has 1 aliphatic rings. The van der Waals surface area contributed by atoms with Gasteiger partial charge < -0.3 is 15.5 Å². The van der Waals surface area contributed by atoms with Crippen LogP contribution in [0.1, 0.15) is 18.9 Å². The quantitative estimate of drug-likeness (QED) is 0.272. The molecule has 2 aromatic heterocycles. The number of hydrogen-bond acceptors (Lipinski definition) is 4. The van der Waals surface area contributed by atoms with E-state index in [-0.39, 0.29) is 30.0 Å². The molecule has 1 aliphatic heterocycles. The Labute approximate surface area is 186 Å². The van der Waals surface area contributed by atoms with Gasteiger partial charge in [-0.25, -0.2) is 15.0 Å². The molecule has 3 heterocycles. The first-order chi connectivity index (χ1) is 12.7. The van der Waals surface area contributed by atoms with Crippen LogP contribution in [0, 0.1) is 0 Å². The van der Waals surface area contributed by atoms with Crippen LogP contribution in [0.4, 0.5) is 5.82 Å². The zero-order valence-electron chi connectivity index (χ0n) is 15.0. The Hall–Kier alpha value is -1.32. The molecular weight excluding hydrogens is 498 g/mol. The minimum atomic E-state index is 0. The van der Waals surface area contributed by atoms with Gasteiger partial charge in [-0.05, 0) is 37.1 Å². The molecule has 1 unspecified atom stereocenters. The third kappa shape index (κ3) is 6.36. The van der Waals surface area contributed by atoms with Gasteiger partial charge in [0.25, 0.3) is 0 Å². The number of anilines is 1. The molecule has 2 N–H and O–H groups in total. The predicted octanol–water partition coefficient (Wildman–Crippen LogP) is 3.74. The molecule has 146 valence electrons. The second-order valence-corrected chi connectivity index (χ2v) is 6.86. The maximum absolute atomic E-state index is 6.26. The fraction of sp³-hybridized carbons (Fsp3) is 0.389. The highest BCUT2D eigenvalue weighted by atomic mass is 127. The normalized spacial score (nSPS) is 16.8. The van der Waals surface area contributed by atoms with Gasteiger partial charge in [-0.1, -0.05) is 29.3 Å². The first kappa shape index (κ1) is 22.0.